The zero-order valence-corrected chi connectivity index (χ0v) is 10.1. The van der Waals surface area contributed by atoms with Gasteiger partial charge in [0, 0.05) is 18.5 Å². The van der Waals surface area contributed by atoms with Crippen LogP contribution in [0.1, 0.15) is 26.7 Å². The Hall–Kier alpha value is 1.02. The smallest absolute Gasteiger partial charge is 0.133 e. The van der Waals surface area contributed by atoms with E-state index in [4.69, 9.17) is 11.8 Å². The fourth-order valence-corrected chi connectivity index (χ4v) is 1.75. The van der Waals surface area contributed by atoms with Crippen LogP contribution in [0.4, 0.5) is 0 Å². The largest absolute Gasteiger partial charge is 0.300 e. The van der Waals surface area contributed by atoms with Gasteiger partial charge in [0.25, 0.3) is 0 Å². The van der Waals surface area contributed by atoms with Gasteiger partial charge in [-0.05, 0) is 0 Å². The summed E-state index contributed by atoms with van der Waals surface area (Å²) in [5.41, 5.74) is 0.150. The predicted molar refractivity (Wildman–Crippen MR) is 61.6 cm³/mol. The summed E-state index contributed by atoms with van der Waals surface area (Å²) >= 11 is 13.5. The third kappa shape index (κ3) is 5.29. The van der Waals surface area contributed by atoms with Crippen LogP contribution in [-0.4, -0.2) is 11.4 Å². The van der Waals surface area contributed by atoms with Crippen molar-refractivity contribution in [2.24, 2.45) is 0 Å². The third-order valence-corrected chi connectivity index (χ3v) is 6.27. The highest BCUT2D eigenvalue weighted by Gasteiger charge is 2.18. The zero-order valence-electron chi connectivity index (χ0n) is 6.65. The maximum absolute atomic E-state index is 11.0. The lowest BCUT2D eigenvalue weighted by molar-refractivity contribution is -0.118. The van der Waals surface area contributed by atoms with E-state index in [1.165, 1.54) is 0 Å². The molecule has 1 nitrogen and oxygen atoms in total. The maximum Gasteiger partial charge on any atom is 0.133 e. The molecule has 0 rings (SSSR count). The van der Waals surface area contributed by atoms with Crippen LogP contribution in [0, 0.1) is 0 Å². The van der Waals surface area contributed by atoms with Gasteiger partial charge in [-0.3, -0.25) is 4.79 Å². The Morgan fingerprint density at radius 2 is 2.09 bits per heavy atom. The van der Waals surface area contributed by atoms with Crippen molar-refractivity contribution < 1.29 is 4.79 Å². The lowest BCUT2D eigenvalue weighted by Gasteiger charge is -2.16. The number of ketones is 1. The number of rotatable bonds is 4. The molecular formula is C6H13OPS3. The lowest BCUT2D eigenvalue weighted by atomic mass is 10.2. The van der Waals surface area contributed by atoms with Gasteiger partial charge in [0.05, 0.1) is 4.44 Å². The molecule has 0 aliphatic heterocycles. The molecule has 11 heavy (non-hydrogen) atoms. The zero-order chi connectivity index (χ0) is 9.07. The quantitative estimate of drug-likeness (QED) is 0.569. The first-order valence-electron chi connectivity index (χ1n) is 3.44. The summed E-state index contributed by atoms with van der Waals surface area (Å²) < 4.78 is -1.82. The van der Waals surface area contributed by atoms with E-state index in [1.54, 1.807) is 0 Å². The van der Waals surface area contributed by atoms with Gasteiger partial charge in [0.15, 0.2) is 0 Å². The van der Waals surface area contributed by atoms with Crippen molar-refractivity contribution in [1.29, 1.82) is 0 Å². The van der Waals surface area contributed by atoms with E-state index >= 15 is 0 Å². The summed E-state index contributed by atoms with van der Waals surface area (Å²) in [6, 6.07) is 0. The second-order valence-electron chi connectivity index (χ2n) is 2.53. The molecule has 0 saturated carbocycles. The average molecular weight is 228 g/mol. The number of thiol groups is 2. The fraction of sp³-hybridized carbons (Fsp3) is 0.833. The molecule has 0 heterocycles. The van der Waals surface area contributed by atoms with E-state index < -0.39 is 4.44 Å². The van der Waals surface area contributed by atoms with Crippen molar-refractivity contribution in [3.05, 3.63) is 0 Å². The maximum atomic E-state index is 11.0. The molecule has 0 N–H and O–H groups in total. The van der Waals surface area contributed by atoms with E-state index in [-0.39, 0.29) is 11.4 Å². The Kier molecular flexibility index (Phi) is 5.36. The predicted octanol–water partition coefficient (Wildman–Crippen LogP) is 2.91. The first-order chi connectivity index (χ1) is 4.88. The number of carbonyl (C=O) groups excluding carboxylic acids is 1. The average Bonchev–Trinajstić information content (AvgIpc) is 1.85. The van der Waals surface area contributed by atoms with Gasteiger partial charge >= 0.3 is 0 Å². The van der Waals surface area contributed by atoms with Gasteiger partial charge in [-0.25, -0.2) is 0 Å². The minimum Gasteiger partial charge on any atom is -0.300 e. The van der Waals surface area contributed by atoms with Crippen LogP contribution < -0.4 is 0 Å². The van der Waals surface area contributed by atoms with E-state index in [0.717, 1.165) is 0 Å². The molecule has 0 radical (unpaired) electrons. The third-order valence-electron chi connectivity index (χ3n) is 1.49. The molecule has 0 unspecified atom stereocenters. The number of hydrogen-bond donors (Lipinski definition) is 2. The lowest BCUT2D eigenvalue weighted by Crippen LogP contribution is -2.05. The molecule has 0 aromatic heterocycles. The Bertz CT molecular complexity index is 186. The van der Waals surface area contributed by atoms with Crippen LogP contribution in [-0.2, 0) is 16.6 Å². The molecule has 0 fully saturated rings. The molecule has 0 aliphatic rings. The molecule has 0 aliphatic carbocycles. The van der Waals surface area contributed by atoms with Gasteiger partial charge < -0.3 is 0 Å². The fourth-order valence-electron chi connectivity index (χ4n) is 0.593. The molecule has 1 atom stereocenters. The Labute approximate surface area is 83.7 Å². The molecule has 0 spiro atoms. The van der Waals surface area contributed by atoms with Crippen molar-refractivity contribution >= 4 is 46.5 Å². The van der Waals surface area contributed by atoms with Crippen molar-refractivity contribution in [2.75, 3.05) is 0 Å². The van der Waals surface area contributed by atoms with Crippen LogP contribution in [0.3, 0.4) is 0 Å². The van der Waals surface area contributed by atoms with E-state index in [1.807, 2.05) is 13.8 Å². The van der Waals surface area contributed by atoms with Gasteiger partial charge in [0.1, 0.15) is 5.78 Å². The van der Waals surface area contributed by atoms with E-state index in [0.29, 0.717) is 12.8 Å². The van der Waals surface area contributed by atoms with Gasteiger partial charge in [-0.15, -0.1) is 24.5 Å². The molecule has 0 aromatic rings. The molecule has 0 aromatic carbocycles. The van der Waals surface area contributed by atoms with Crippen LogP contribution >= 0.6 is 28.9 Å². The van der Waals surface area contributed by atoms with Crippen molar-refractivity contribution in [3.63, 3.8) is 0 Å². The monoisotopic (exact) mass is 228 g/mol. The number of carbonyl (C=O) groups is 1. The number of hydrogen-bond acceptors (Lipinski definition) is 2. The molecule has 0 amide bonds. The van der Waals surface area contributed by atoms with Crippen LogP contribution in [0.25, 0.3) is 0 Å². The number of Topliss-reactive ketones (excluding diaryl/α,β-unsaturated/α-hetero) is 1. The minimum atomic E-state index is -1.82. The molecular weight excluding hydrogens is 215 g/mol. The summed E-state index contributed by atoms with van der Waals surface area (Å²) in [7, 11) is 0. The molecule has 0 bridgehead atoms. The Morgan fingerprint density at radius 3 is 2.36 bits per heavy atom. The standard InChI is InChI=1S/C6H13OPS3/c1-3-6(7)4-5(2)8(9,10)11/h5H,3-4H2,1-2H3,(H2,9,10,11)/t5-/m0/s1. The van der Waals surface area contributed by atoms with Crippen molar-refractivity contribution in [1.82, 2.24) is 0 Å². The highest BCUT2D eigenvalue weighted by Crippen LogP contribution is 2.61. The van der Waals surface area contributed by atoms with Gasteiger partial charge in [-0.2, -0.15) is 0 Å². The highest BCUT2D eigenvalue weighted by molar-refractivity contribution is 8.92. The van der Waals surface area contributed by atoms with E-state index in [2.05, 4.69) is 24.5 Å². The van der Waals surface area contributed by atoms with Gasteiger partial charge in [-0.1, -0.05) is 25.7 Å². The summed E-state index contributed by atoms with van der Waals surface area (Å²) in [5, 5.41) is 0. The van der Waals surface area contributed by atoms with Gasteiger partial charge in [0.2, 0.25) is 0 Å². The molecule has 0 saturated heterocycles. The van der Waals surface area contributed by atoms with Crippen LogP contribution in [0.5, 0.6) is 0 Å². The minimum absolute atomic E-state index is 0.150. The summed E-state index contributed by atoms with van der Waals surface area (Å²) in [4.78, 5) is 11.0. The second-order valence-corrected chi connectivity index (χ2v) is 12.7. The Balaban J connectivity index is 3.98. The van der Waals surface area contributed by atoms with E-state index in [9.17, 15) is 4.79 Å². The van der Waals surface area contributed by atoms with Crippen molar-refractivity contribution in [2.45, 2.75) is 32.3 Å². The summed E-state index contributed by atoms with van der Waals surface area (Å²) in [6.45, 7) is 3.80. The van der Waals surface area contributed by atoms with Crippen LogP contribution in [0.2, 0.25) is 0 Å². The summed E-state index contributed by atoms with van der Waals surface area (Å²) in [6.07, 6.45) is 1.11. The van der Waals surface area contributed by atoms with Crippen LogP contribution in [0.15, 0.2) is 0 Å². The topological polar surface area (TPSA) is 17.1 Å². The Morgan fingerprint density at radius 1 is 1.64 bits per heavy atom. The van der Waals surface area contributed by atoms with Crippen molar-refractivity contribution in [3.8, 4) is 0 Å². The molecule has 66 valence electrons. The second kappa shape index (κ2) is 4.90. The molecule has 5 heteroatoms. The first kappa shape index (κ1) is 12.0. The normalized spacial score (nSPS) is 14.5. The summed E-state index contributed by atoms with van der Waals surface area (Å²) in [5.74, 6) is 0.245. The first-order valence-corrected chi connectivity index (χ1v) is 8.62. The highest BCUT2D eigenvalue weighted by atomic mass is 33.2. The SMILES string of the molecule is CCC(=O)C[C@H](C)P(=S)(S)S.